The van der Waals surface area contributed by atoms with Crippen molar-refractivity contribution >= 4 is 33.8 Å². The first-order chi connectivity index (χ1) is 5.24. The van der Waals surface area contributed by atoms with E-state index in [9.17, 15) is 4.79 Å². The Kier molecular flexibility index (Phi) is 3.09. The standard InChI is InChI=1S/C8H6BrClO/c9-8-5-7(10)2-1-6(8)3-4-11/h1-2,4-5H,3H2. The first-order valence-corrected chi connectivity index (χ1v) is 4.28. The molecule has 11 heavy (non-hydrogen) atoms. The van der Waals surface area contributed by atoms with Crippen molar-refractivity contribution in [3.05, 3.63) is 33.3 Å². The van der Waals surface area contributed by atoms with Crippen LogP contribution in [-0.2, 0) is 11.2 Å². The lowest BCUT2D eigenvalue weighted by molar-refractivity contribution is -0.107. The van der Waals surface area contributed by atoms with Crippen molar-refractivity contribution in [1.29, 1.82) is 0 Å². The van der Waals surface area contributed by atoms with Crippen molar-refractivity contribution in [3.63, 3.8) is 0 Å². The first-order valence-electron chi connectivity index (χ1n) is 3.11. The summed E-state index contributed by atoms with van der Waals surface area (Å²) in [7, 11) is 0. The quantitative estimate of drug-likeness (QED) is 0.718. The Hall–Kier alpha value is -0.340. The number of rotatable bonds is 2. The number of carbonyl (C=O) groups is 1. The van der Waals surface area contributed by atoms with Gasteiger partial charge in [-0.25, -0.2) is 0 Å². The topological polar surface area (TPSA) is 17.1 Å². The van der Waals surface area contributed by atoms with Crippen LogP contribution in [0.4, 0.5) is 0 Å². The van der Waals surface area contributed by atoms with Crippen molar-refractivity contribution in [3.8, 4) is 0 Å². The molecule has 1 nitrogen and oxygen atoms in total. The molecule has 0 aliphatic carbocycles. The fourth-order valence-corrected chi connectivity index (χ4v) is 1.62. The lowest BCUT2D eigenvalue weighted by Gasteiger charge is -1.98. The molecule has 0 fully saturated rings. The van der Waals surface area contributed by atoms with Crippen LogP contribution in [0.5, 0.6) is 0 Å². The fourth-order valence-electron chi connectivity index (χ4n) is 0.777. The summed E-state index contributed by atoms with van der Waals surface area (Å²) in [5, 5.41) is 0.673. The Labute approximate surface area is 78.5 Å². The van der Waals surface area contributed by atoms with Gasteiger partial charge in [0.1, 0.15) is 6.29 Å². The number of hydrogen-bond donors (Lipinski definition) is 0. The molecule has 3 heteroatoms. The van der Waals surface area contributed by atoms with E-state index in [1.54, 1.807) is 12.1 Å². The largest absolute Gasteiger partial charge is 0.303 e. The molecular formula is C8H6BrClO. The van der Waals surface area contributed by atoms with Gasteiger partial charge in [0.15, 0.2) is 0 Å². The Morgan fingerprint density at radius 1 is 1.55 bits per heavy atom. The summed E-state index contributed by atoms with van der Waals surface area (Å²) in [5.41, 5.74) is 0.962. The summed E-state index contributed by atoms with van der Waals surface area (Å²) in [5.74, 6) is 0. The number of carbonyl (C=O) groups excluding carboxylic acids is 1. The van der Waals surface area contributed by atoms with E-state index in [1.165, 1.54) is 0 Å². The van der Waals surface area contributed by atoms with E-state index in [0.717, 1.165) is 16.3 Å². The van der Waals surface area contributed by atoms with Crippen LogP contribution in [-0.4, -0.2) is 6.29 Å². The highest BCUT2D eigenvalue weighted by molar-refractivity contribution is 9.10. The zero-order valence-electron chi connectivity index (χ0n) is 5.68. The molecule has 0 amide bonds. The van der Waals surface area contributed by atoms with Gasteiger partial charge in [-0.05, 0) is 17.7 Å². The molecule has 0 unspecified atom stereocenters. The zero-order chi connectivity index (χ0) is 8.27. The average Bonchev–Trinajstić information content (AvgIpc) is 1.95. The molecule has 0 saturated carbocycles. The highest BCUT2D eigenvalue weighted by atomic mass is 79.9. The number of halogens is 2. The van der Waals surface area contributed by atoms with Gasteiger partial charge in [0.05, 0.1) is 0 Å². The van der Waals surface area contributed by atoms with Crippen LogP contribution in [0.2, 0.25) is 5.02 Å². The maximum Gasteiger partial charge on any atom is 0.124 e. The molecule has 0 saturated heterocycles. The summed E-state index contributed by atoms with van der Waals surface area (Å²) in [6, 6.07) is 5.38. The third-order valence-electron chi connectivity index (χ3n) is 1.32. The van der Waals surface area contributed by atoms with E-state index in [0.29, 0.717) is 11.4 Å². The summed E-state index contributed by atoms with van der Waals surface area (Å²) in [4.78, 5) is 10.2. The van der Waals surface area contributed by atoms with Crippen molar-refractivity contribution in [2.45, 2.75) is 6.42 Å². The molecule has 0 heterocycles. The molecule has 1 rings (SSSR count). The van der Waals surface area contributed by atoms with E-state index in [1.807, 2.05) is 6.07 Å². The van der Waals surface area contributed by atoms with E-state index in [2.05, 4.69) is 15.9 Å². The average molecular weight is 233 g/mol. The predicted molar refractivity (Wildman–Crippen MR) is 48.9 cm³/mol. The normalized spacial score (nSPS) is 9.64. The van der Waals surface area contributed by atoms with Gasteiger partial charge in [-0.2, -0.15) is 0 Å². The van der Waals surface area contributed by atoms with Gasteiger partial charge in [-0.15, -0.1) is 0 Å². The van der Waals surface area contributed by atoms with Crippen LogP contribution in [0.1, 0.15) is 5.56 Å². The highest BCUT2D eigenvalue weighted by Crippen LogP contribution is 2.21. The van der Waals surface area contributed by atoms with E-state index in [4.69, 9.17) is 11.6 Å². The van der Waals surface area contributed by atoms with Gasteiger partial charge in [0, 0.05) is 15.9 Å². The molecule has 0 radical (unpaired) electrons. The van der Waals surface area contributed by atoms with E-state index < -0.39 is 0 Å². The van der Waals surface area contributed by atoms with Crippen LogP contribution < -0.4 is 0 Å². The van der Waals surface area contributed by atoms with Crippen molar-refractivity contribution < 1.29 is 4.79 Å². The van der Waals surface area contributed by atoms with Gasteiger partial charge >= 0.3 is 0 Å². The minimum Gasteiger partial charge on any atom is -0.303 e. The van der Waals surface area contributed by atoms with Gasteiger partial charge < -0.3 is 4.79 Å². The Balaban J connectivity index is 2.98. The van der Waals surface area contributed by atoms with Crippen molar-refractivity contribution in [2.24, 2.45) is 0 Å². The summed E-state index contributed by atoms with van der Waals surface area (Å²) >= 11 is 9.00. The third kappa shape index (κ3) is 2.31. The van der Waals surface area contributed by atoms with Gasteiger partial charge in [-0.3, -0.25) is 0 Å². The lowest BCUT2D eigenvalue weighted by Crippen LogP contribution is -1.86. The minimum atomic E-state index is 0.428. The molecular weight excluding hydrogens is 227 g/mol. The second-order valence-electron chi connectivity index (χ2n) is 2.11. The Bertz CT molecular complexity index is 273. The van der Waals surface area contributed by atoms with E-state index in [-0.39, 0.29) is 0 Å². The molecule has 1 aromatic carbocycles. The maximum atomic E-state index is 10.2. The fraction of sp³-hybridized carbons (Fsp3) is 0.125. The first kappa shape index (κ1) is 8.75. The monoisotopic (exact) mass is 232 g/mol. The van der Waals surface area contributed by atoms with Crippen LogP contribution in [0.25, 0.3) is 0 Å². The second-order valence-corrected chi connectivity index (χ2v) is 3.40. The molecule has 1 aromatic rings. The van der Waals surface area contributed by atoms with Gasteiger partial charge in [-0.1, -0.05) is 33.6 Å². The predicted octanol–water partition coefficient (Wildman–Crippen LogP) is 2.84. The molecule has 0 aliphatic rings. The molecule has 58 valence electrons. The second kappa shape index (κ2) is 3.88. The smallest absolute Gasteiger partial charge is 0.124 e. The minimum absolute atomic E-state index is 0.428. The van der Waals surface area contributed by atoms with Crippen molar-refractivity contribution in [2.75, 3.05) is 0 Å². The zero-order valence-corrected chi connectivity index (χ0v) is 8.02. The molecule has 0 spiro atoms. The van der Waals surface area contributed by atoms with Crippen LogP contribution >= 0.6 is 27.5 Å². The third-order valence-corrected chi connectivity index (χ3v) is 2.29. The van der Waals surface area contributed by atoms with Crippen LogP contribution in [0.15, 0.2) is 22.7 Å². The van der Waals surface area contributed by atoms with Crippen LogP contribution in [0, 0.1) is 0 Å². The summed E-state index contributed by atoms with van der Waals surface area (Å²) in [6.45, 7) is 0. The molecule has 0 N–H and O–H groups in total. The van der Waals surface area contributed by atoms with Gasteiger partial charge in [0.2, 0.25) is 0 Å². The molecule has 0 bridgehead atoms. The number of hydrogen-bond acceptors (Lipinski definition) is 1. The number of aldehydes is 1. The maximum absolute atomic E-state index is 10.2. The van der Waals surface area contributed by atoms with Crippen LogP contribution in [0.3, 0.4) is 0 Å². The number of benzene rings is 1. The Morgan fingerprint density at radius 2 is 2.27 bits per heavy atom. The van der Waals surface area contributed by atoms with Gasteiger partial charge in [0.25, 0.3) is 0 Å². The highest BCUT2D eigenvalue weighted by Gasteiger charge is 1.98. The van der Waals surface area contributed by atoms with Crippen molar-refractivity contribution in [1.82, 2.24) is 0 Å². The molecule has 0 aliphatic heterocycles. The van der Waals surface area contributed by atoms with E-state index >= 15 is 0 Å². The SMILES string of the molecule is O=CCc1ccc(Cl)cc1Br. The summed E-state index contributed by atoms with van der Waals surface area (Å²) < 4.78 is 0.886. The molecule has 0 atom stereocenters. The summed E-state index contributed by atoms with van der Waals surface area (Å²) in [6.07, 6.45) is 1.30. The molecule has 0 aromatic heterocycles. The Morgan fingerprint density at radius 3 is 2.82 bits per heavy atom. The lowest BCUT2D eigenvalue weighted by atomic mass is 10.2.